The Hall–Kier alpha value is -2.08. The minimum atomic E-state index is -0.553. The van der Waals surface area contributed by atoms with E-state index in [1.54, 1.807) is 10.6 Å². The average Bonchev–Trinajstić information content (AvgIpc) is 2.76. The number of fused-ring (bicyclic) bond motifs is 3. The van der Waals surface area contributed by atoms with Crippen molar-refractivity contribution in [2.75, 3.05) is 19.0 Å². The summed E-state index contributed by atoms with van der Waals surface area (Å²) >= 11 is 5.85. The van der Waals surface area contributed by atoms with Crippen LogP contribution in [0.3, 0.4) is 0 Å². The minimum absolute atomic E-state index is 0.116. The number of alkyl halides is 1. The number of primary amides is 1. The standard InChI is InChI=1S/C15H15ClFN3O2/c16-4-3-11-10-2-1-9(17)7-12(10)20-6-5-19(8-13(18)21)15(22)14(11)20/h1-2,7H,3-6,8H2,(H2,18,21). The number of halogens is 2. The van der Waals surface area contributed by atoms with E-state index < -0.39 is 5.91 Å². The molecule has 5 nitrogen and oxygen atoms in total. The lowest BCUT2D eigenvalue weighted by Gasteiger charge is -2.28. The fourth-order valence-corrected chi connectivity index (χ4v) is 3.22. The number of aryl methyl sites for hydroxylation is 1. The highest BCUT2D eigenvalue weighted by Crippen LogP contribution is 2.31. The molecule has 1 aromatic heterocycles. The van der Waals surface area contributed by atoms with Crippen LogP contribution in [-0.4, -0.2) is 40.3 Å². The molecule has 1 aromatic carbocycles. The third kappa shape index (κ3) is 2.33. The number of aromatic nitrogens is 1. The maximum Gasteiger partial charge on any atom is 0.271 e. The molecule has 2 aromatic rings. The maximum absolute atomic E-state index is 13.6. The number of rotatable bonds is 4. The molecular weight excluding hydrogens is 309 g/mol. The van der Waals surface area contributed by atoms with Crippen LogP contribution < -0.4 is 5.73 Å². The number of carbonyl (C=O) groups excluding carboxylic acids is 2. The fourth-order valence-electron chi connectivity index (χ4n) is 3.03. The van der Waals surface area contributed by atoms with E-state index in [9.17, 15) is 14.0 Å². The van der Waals surface area contributed by atoms with E-state index in [1.807, 2.05) is 0 Å². The van der Waals surface area contributed by atoms with Crippen LogP contribution in [0, 0.1) is 5.82 Å². The van der Waals surface area contributed by atoms with Gasteiger partial charge in [0, 0.05) is 24.4 Å². The molecule has 3 rings (SSSR count). The van der Waals surface area contributed by atoms with Crippen molar-refractivity contribution < 1.29 is 14.0 Å². The summed E-state index contributed by atoms with van der Waals surface area (Å²) in [5.41, 5.74) is 7.15. The van der Waals surface area contributed by atoms with Crippen LogP contribution in [0.25, 0.3) is 10.9 Å². The van der Waals surface area contributed by atoms with Gasteiger partial charge in [-0.3, -0.25) is 9.59 Å². The topological polar surface area (TPSA) is 68.3 Å². The highest BCUT2D eigenvalue weighted by atomic mass is 35.5. The van der Waals surface area contributed by atoms with E-state index in [0.29, 0.717) is 36.6 Å². The molecule has 22 heavy (non-hydrogen) atoms. The van der Waals surface area contributed by atoms with Crippen molar-refractivity contribution >= 4 is 34.3 Å². The van der Waals surface area contributed by atoms with Gasteiger partial charge in [-0.2, -0.15) is 0 Å². The van der Waals surface area contributed by atoms with Crippen LogP contribution in [0.15, 0.2) is 18.2 Å². The summed E-state index contributed by atoms with van der Waals surface area (Å²) < 4.78 is 15.4. The van der Waals surface area contributed by atoms with Gasteiger partial charge in [-0.05, 0) is 30.2 Å². The van der Waals surface area contributed by atoms with Gasteiger partial charge in [-0.1, -0.05) is 0 Å². The van der Waals surface area contributed by atoms with Crippen LogP contribution in [0.2, 0.25) is 0 Å². The highest BCUT2D eigenvalue weighted by Gasteiger charge is 2.30. The average molecular weight is 324 g/mol. The summed E-state index contributed by atoms with van der Waals surface area (Å²) in [7, 11) is 0. The van der Waals surface area contributed by atoms with E-state index in [1.165, 1.54) is 17.0 Å². The molecule has 0 bridgehead atoms. The summed E-state index contributed by atoms with van der Waals surface area (Å²) in [6.07, 6.45) is 0.502. The molecular formula is C15H15ClFN3O2. The van der Waals surface area contributed by atoms with Crippen LogP contribution >= 0.6 is 11.6 Å². The molecule has 1 aliphatic heterocycles. The predicted octanol–water partition coefficient (Wildman–Crippen LogP) is 1.50. The predicted molar refractivity (Wildman–Crippen MR) is 81.4 cm³/mol. The van der Waals surface area contributed by atoms with Crippen LogP contribution in [-0.2, 0) is 17.8 Å². The van der Waals surface area contributed by atoms with Gasteiger partial charge in [-0.15, -0.1) is 11.6 Å². The lowest BCUT2D eigenvalue weighted by atomic mass is 10.1. The van der Waals surface area contributed by atoms with Crippen molar-refractivity contribution in [2.24, 2.45) is 5.73 Å². The zero-order chi connectivity index (χ0) is 15.9. The van der Waals surface area contributed by atoms with Gasteiger partial charge in [0.2, 0.25) is 5.91 Å². The molecule has 0 aliphatic carbocycles. The quantitative estimate of drug-likeness (QED) is 0.866. The van der Waals surface area contributed by atoms with E-state index >= 15 is 0 Å². The second kappa shape index (κ2) is 5.61. The number of hydrogen-bond donors (Lipinski definition) is 1. The zero-order valence-electron chi connectivity index (χ0n) is 11.8. The largest absolute Gasteiger partial charge is 0.368 e. The van der Waals surface area contributed by atoms with E-state index in [0.717, 1.165) is 10.9 Å². The number of nitrogens with two attached hydrogens (primary N) is 1. The number of benzene rings is 1. The Bertz CT molecular complexity index is 772. The Balaban J connectivity index is 2.18. The van der Waals surface area contributed by atoms with Gasteiger partial charge in [0.25, 0.3) is 5.91 Å². The van der Waals surface area contributed by atoms with Crippen LogP contribution in [0.1, 0.15) is 16.1 Å². The molecule has 116 valence electrons. The Morgan fingerprint density at radius 2 is 2.14 bits per heavy atom. The first-order chi connectivity index (χ1) is 10.5. The summed E-state index contributed by atoms with van der Waals surface area (Å²) in [5, 5.41) is 0.825. The van der Waals surface area contributed by atoms with Crippen molar-refractivity contribution in [2.45, 2.75) is 13.0 Å². The number of hydrogen-bond acceptors (Lipinski definition) is 2. The van der Waals surface area contributed by atoms with Crippen molar-refractivity contribution in [3.05, 3.63) is 35.3 Å². The van der Waals surface area contributed by atoms with Gasteiger partial charge < -0.3 is 15.2 Å². The summed E-state index contributed by atoms with van der Waals surface area (Å²) in [6.45, 7) is 0.751. The zero-order valence-corrected chi connectivity index (χ0v) is 12.6. The van der Waals surface area contributed by atoms with Crippen molar-refractivity contribution in [3.8, 4) is 0 Å². The summed E-state index contributed by atoms with van der Waals surface area (Å²) in [5.74, 6) is -0.811. The van der Waals surface area contributed by atoms with Gasteiger partial charge in [0.15, 0.2) is 0 Å². The monoisotopic (exact) mass is 323 g/mol. The first-order valence-corrected chi connectivity index (χ1v) is 7.50. The molecule has 0 saturated heterocycles. The van der Waals surface area contributed by atoms with Crippen molar-refractivity contribution in [1.29, 1.82) is 0 Å². The molecule has 2 amide bonds. The maximum atomic E-state index is 13.6. The van der Waals surface area contributed by atoms with Crippen LogP contribution in [0.5, 0.6) is 0 Å². The molecule has 2 heterocycles. The molecule has 7 heteroatoms. The smallest absolute Gasteiger partial charge is 0.271 e. The molecule has 0 fully saturated rings. The minimum Gasteiger partial charge on any atom is -0.368 e. The molecule has 1 aliphatic rings. The lowest BCUT2D eigenvalue weighted by molar-refractivity contribution is -0.118. The van der Waals surface area contributed by atoms with Crippen LogP contribution in [0.4, 0.5) is 4.39 Å². The van der Waals surface area contributed by atoms with E-state index in [2.05, 4.69) is 0 Å². The lowest BCUT2D eigenvalue weighted by Crippen LogP contribution is -2.44. The fraction of sp³-hybridized carbons (Fsp3) is 0.333. The molecule has 0 radical (unpaired) electrons. The summed E-state index contributed by atoms with van der Waals surface area (Å²) in [4.78, 5) is 25.2. The van der Waals surface area contributed by atoms with E-state index in [-0.39, 0.29) is 18.3 Å². The van der Waals surface area contributed by atoms with E-state index in [4.69, 9.17) is 17.3 Å². The highest BCUT2D eigenvalue weighted by molar-refractivity contribution is 6.18. The molecule has 0 spiro atoms. The first kappa shape index (κ1) is 14.8. The second-order valence-electron chi connectivity index (χ2n) is 5.27. The van der Waals surface area contributed by atoms with Gasteiger partial charge in [-0.25, -0.2) is 4.39 Å². The Kier molecular flexibility index (Phi) is 3.78. The number of nitrogens with zero attached hydrogens (tertiary/aromatic N) is 2. The molecule has 0 unspecified atom stereocenters. The SMILES string of the molecule is NC(=O)CN1CCn2c(c(CCCl)c3ccc(F)cc32)C1=O. The molecule has 0 saturated carbocycles. The molecule has 0 atom stereocenters. The van der Waals surface area contributed by atoms with Crippen molar-refractivity contribution in [3.63, 3.8) is 0 Å². The Labute approximate surface area is 131 Å². The first-order valence-electron chi connectivity index (χ1n) is 6.97. The second-order valence-corrected chi connectivity index (χ2v) is 5.65. The van der Waals surface area contributed by atoms with Gasteiger partial charge in [0.05, 0.1) is 12.1 Å². The summed E-state index contributed by atoms with van der Waals surface area (Å²) in [6, 6.07) is 4.47. The molecule has 2 N–H and O–H groups in total. The van der Waals surface area contributed by atoms with Gasteiger partial charge in [0.1, 0.15) is 11.5 Å². The number of amides is 2. The van der Waals surface area contributed by atoms with Gasteiger partial charge >= 0.3 is 0 Å². The third-order valence-electron chi connectivity index (χ3n) is 3.91. The number of carbonyl (C=O) groups is 2. The third-order valence-corrected chi connectivity index (χ3v) is 4.09. The normalized spacial score (nSPS) is 14.5. The van der Waals surface area contributed by atoms with Crippen molar-refractivity contribution in [1.82, 2.24) is 9.47 Å². The Morgan fingerprint density at radius 3 is 2.82 bits per heavy atom. The Morgan fingerprint density at radius 1 is 1.36 bits per heavy atom.